The van der Waals surface area contributed by atoms with Gasteiger partial charge in [-0.3, -0.25) is 9.59 Å². The molecule has 2 atom stereocenters. The van der Waals surface area contributed by atoms with E-state index in [0.29, 0.717) is 5.75 Å². The number of aliphatic hydroxyl groups excluding tert-OH is 1. The molecular weight excluding hydrogens is 352 g/mol. The zero-order chi connectivity index (χ0) is 18.9. The molecule has 7 heteroatoms. The zero-order valence-corrected chi connectivity index (χ0v) is 15.7. The van der Waals surface area contributed by atoms with Crippen LogP contribution in [0.5, 0.6) is 5.75 Å². The zero-order valence-electron chi connectivity index (χ0n) is 14.9. The van der Waals surface area contributed by atoms with E-state index in [1.807, 2.05) is 48.7 Å². The number of aryl methyl sites for hydroxylation is 1. The van der Waals surface area contributed by atoms with E-state index in [-0.39, 0.29) is 37.4 Å². The van der Waals surface area contributed by atoms with Crippen LogP contribution in [-0.2, 0) is 9.59 Å². The second-order valence-electron chi connectivity index (χ2n) is 6.06. The number of hydrogen-bond acceptors (Lipinski definition) is 5. The first-order valence-electron chi connectivity index (χ1n) is 8.38. The number of aliphatic hydroxyl groups is 1. The Bertz CT molecular complexity index is 718. The molecule has 0 aliphatic rings. The number of rotatable bonds is 9. The lowest BCUT2D eigenvalue weighted by Gasteiger charge is -2.17. The Kier molecular flexibility index (Phi) is 7.62. The Labute approximate surface area is 157 Å². The fourth-order valence-corrected chi connectivity index (χ4v) is 3.18. The monoisotopic (exact) mass is 376 g/mol. The van der Waals surface area contributed by atoms with Gasteiger partial charge in [0.1, 0.15) is 18.5 Å². The van der Waals surface area contributed by atoms with E-state index in [2.05, 4.69) is 10.6 Å². The van der Waals surface area contributed by atoms with Crippen molar-refractivity contribution in [1.29, 1.82) is 0 Å². The summed E-state index contributed by atoms with van der Waals surface area (Å²) in [6.07, 6.45) is -0.702. The van der Waals surface area contributed by atoms with Crippen molar-refractivity contribution in [3.8, 4) is 5.75 Å². The van der Waals surface area contributed by atoms with Crippen molar-refractivity contribution in [3.05, 3.63) is 52.2 Å². The summed E-state index contributed by atoms with van der Waals surface area (Å²) in [5.41, 5.74) is 1.07. The maximum absolute atomic E-state index is 12.1. The van der Waals surface area contributed by atoms with E-state index >= 15 is 0 Å². The number of amides is 2. The summed E-state index contributed by atoms with van der Waals surface area (Å²) in [6, 6.07) is 10.9. The highest BCUT2D eigenvalue weighted by Crippen LogP contribution is 2.22. The minimum Gasteiger partial charge on any atom is -0.491 e. The van der Waals surface area contributed by atoms with Gasteiger partial charge in [0, 0.05) is 18.3 Å². The lowest BCUT2D eigenvalue weighted by atomic mass is 10.1. The topological polar surface area (TPSA) is 87.7 Å². The van der Waals surface area contributed by atoms with Crippen LogP contribution in [0.4, 0.5) is 0 Å². The second-order valence-corrected chi connectivity index (χ2v) is 7.04. The van der Waals surface area contributed by atoms with Gasteiger partial charge in [-0.2, -0.15) is 0 Å². The number of nitrogens with one attached hydrogen (secondary N) is 2. The van der Waals surface area contributed by atoms with Crippen LogP contribution in [0, 0.1) is 6.92 Å². The second kappa shape index (κ2) is 9.94. The molecule has 1 heterocycles. The van der Waals surface area contributed by atoms with Gasteiger partial charge in [-0.15, -0.1) is 11.3 Å². The molecule has 2 amide bonds. The van der Waals surface area contributed by atoms with Crippen LogP contribution in [0.2, 0.25) is 0 Å². The van der Waals surface area contributed by atoms with Crippen molar-refractivity contribution in [2.45, 2.75) is 32.4 Å². The van der Waals surface area contributed by atoms with Crippen LogP contribution in [0.25, 0.3) is 0 Å². The van der Waals surface area contributed by atoms with Gasteiger partial charge >= 0.3 is 0 Å². The van der Waals surface area contributed by atoms with Crippen LogP contribution in [-0.4, -0.2) is 36.2 Å². The van der Waals surface area contributed by atoms with Gasteiger partial charge in [-0.05, 0) is 36.1 Å². The minimum atomic E-state index is -0.819. The Morgan fingerprint density at radius 2 is 2.08 bits per heavy atom. The maximum Gasteiger partial charge on any atom is 0.222 e. The Hall–Kier alpha value is -2.38. The van der Waals surface area contributed by atoms with Gasteiger partial charge in [-0.1, -0.05) is 18.2 Å². The largest absolute Gasteiger partial charge is 0.491 e. The lowest BCUT2D eigenvalue weighted by molar-refractivity contribution is -0.123. The highest BCUT2D eigenvalue weighted by Gasteiger charge is 2.18. The summed E-state index contributed by atoms with van der Waals surface area (Å²) in [5.74, 6) is 0.244. The number of ether oxygens (including phenoxy) is 1. The van der Waals surface area contributed by atoms with Crippen molar-refractivity contribution in [2.75, 3.05) is 13.2 Å². The molecule has 2 unspecified atom stereocenters. The third-order valence-electron chi connectivity index (χ3n) is 3.62. The van der Waals surface area contributed by atoms with E-state index in [4.69, 9.17) is 4.74 Å². The molecule has 0 aliphatic carbocycles. The number of carbonyl (C=O) groups excluding carboxylic acids is 2. The van der Waals surface area contributed by atoms with E-state index in [1.165, 1.54) is 18.3 Å². The number of carbonyl (C=O) groups is 2. The third kappa shape index (κ3) is 6.85. The molecule has 0 saturated heterocycles. The summed E-state index contributed by atoms with van der Waals surface area (Å²) in [7, 11) is 0. The average molecular weight is 376 g/mol. The van der Waals surface area contributed by atoms with Gasteiger partial charge < -0.3 is 20.5 Å². The summed E-state index contributed by atoms with van der Waals surface area (Å²) >= 11 is 1.48. The van der Waals surface area contributed by atoms with Gasteiger partial charge in [0.15, 0.2) is 0 Å². The van der Waals surface area contributed by atoms with Crippen molar-refractivity contribution in [2.24, 2.45) is 0 Å². The molecule has 2 aromatic rings. The van der Waals surface area contributed by atoms with Crippen molar-refractivity contribution in [1.82, 2.24) is 10.6 Å². The highest BCUT2D eigenvalue weighted by atomic mass is 32.1. The summed E-state index contributed by atoms with van der Waals surface area (Å²) < 4.78 is 5.52. The predicted molar refractivity (Wildman–Crippen MR) is 101 cm³/mol. The molecule has 0 fully saturated rings. The molecule has 1 aromatic carbocycles. The fraction of sp³-hybridized carbons (Fsp3) is 0.368. The first-order chi connectivity index (χ1) is 12.4. The smallest absolute Gasteiger partial charge is 0.222 e. The third-order valence-corrected chi connectivity index (χ3v) is 4.61. The molecule has 0 aliphatic heterocycles. The highest BCUT2D eigenvalue weighted by molar-refractivity contribution is 7.10. The molecule has 6 nitrogen and oxygen atoms in total. The molecule has 26 heavy (non-hydrogen) atoms. The standard InChI is InChI=1S/C19H24N2O4S/c1-13-5-3-6-16(9-13)25-12-15(23)11-20-19(24)10-17(21-14(2)22)18-7-4-8-26-18/h3-9,15,17,23H,10-12H2,1-2H3,(H,20,24)(H,21,22). The first-order valence-corrected chi connectivity index (χ1v) is 9.26. The van der Waals surface area contributed by atoms with Gasteiger partial charge in [0.2, 0.25) is 11.8 Å². The number of hydrogen-bond donors (Lipinski definition) is 3. The molecule has 0 saturated carbocycles. The van der Waals surface area contributed by atoms with Gasteiger partial charge in [0.25, 0.3) is 0 Å². The molecule has 3 N–H and O–H groups in total. The van der Waals surface area contributed by atoms with Crippen molar-refractivity contribution in [3.63, 3.8) is 0 Å². The average Bonchev–Trinajstić information content (AvgIpc) is 3.12. The van der Waals surface area contributed by atoms with Gasteiger partial charge in [0.05, 0.1) is 12.5 Å². The summed E-state index contributed by atoms with van der Waals surface area (Å²) in [6.45, 7) is 3.55. The molecule has 0 spiro atoms. The molecule has 0 bridgehead atoms. The normalized spacial score (nSPS) is 12.9. The quantitative estimate of drug-likeness (QED) is 0.626. The molecule has 0 radical (unpaired) electrons. The van der Waals surface area contributed by atoms with Crippen LogP contribution in [0.1, 0.15) is 29.8 Å². The Morgan fingerprint density at radius 3 is 2.73 bits per heavy atom. The maximum atomic E-state index is 12.1. The van der Waals surface area contributed by atoms with Crippen LogP contribution >= 0.6 is 11.3 Å². The van der Waals surface area contributed by atoms with Crippen molar-refractivity contribution >= 4 is 23.2 Å². The van der Waals surface area contributed by atoms with E-state index in [0.717, 1.165) is 10.4 Å². The molecule has 2 rings (SSSR count). The molecular formula is C19H24N2O4S. The first kappa shape index (κ1) is 19.9. The number of benzene rings is 1. The Morgan fingerprint density at radius 1 is 1.27 bits per heavy atom. The summed E-state index contributed by atoms with van der Waals surface area (Å²) in [4.78, 5) is 24.4. The van der Waals surface area contributed by atoms with E-state index < -0.39 is 6.10 Å². The summed E-state index contributed by atoms with van der Waals surface area (Å²) in [5, 5.41) is 17.3. The van der Waals surface area contributed by atoms with Crippen LogP contribution in [0.3, 0.4) is 0 Å². The van der Waals surface area contributed by atoms with Crippen LogP contribution < -0.4 is 15.4 Å². The molecule has 140 valence electrons. The van der Waals surface area contributed by atoms with E-state index in [9.17, 15) is 14.7 Å². The van der Waals surface area contributed by atoms with Gasteiger partial charge in [-0.25, -0.2) is 0 Å². The minimum absolute atomic E-state index is 0.0852. The molecule has 1 aromatic heterocycles. The van der Waals surface area contributed by atoms with Crippen LogP contribution in [0.15, 0.2) is 41.8 Å². The Balaban J connectivity index is 1.76. The predicted octanol–water partition coefficient (Wildman–Crippen LogP) is 2.18. The SMILES string of the molecule is CC(=O)NC(CC(=O)NCC(O)COc1cccc(C)c1)c1cccs1. The fourth-order valence-electron chi connectivity index (χ4n) is 2.40. The van der Waals surface area contributed by atoms with Crippen molar-refractivity contribution < 1.29 is 19.4 Å². The van der Waals surface area contributed by atoms with E-state index in [1.54, 1.807) is 0 Å². The lowest BCUT2D eigenvalue weighted by Crippen LogP contribution is -2.37. The number of thiophene rings is 1.